The Bertz CT molecular complexity index is 1180. The molecule has 1 heterocycles. The molecule has 3 aromatic rings. The third kappa shape index (κ3) is 4.61. The lowest BCUT2D eigenvalue weighted by Gasteiger charge is -2.41. The molecule has 2 N–H and O–H groups in total. The van der Waals surface area contributed by atoms with Crippen molar-refractivity contribution >= 4 is 17.6 Å². The van der Waals surface area contributed by atoms with Crippen molar-refractivity contribution in [2.45, 2.75) is 32.1 Å². The Morgan fingerprint density at radius 2 is 1.79 bits per heavy atom. The molecule has 0 radical (unpaired) electrons. The summed E-state index contributed by atoms with van der Waals surface area (Å²) >= 11 is 0. The number of esters is 1. The highest BCUT2D eigenvalue weighted by atomic mass is 16.7. The van der Waals surface area contributed by atoms with Crippen molar-refractivity contribution in [1.82, 2.24) is 0 Å². The molecule has 176 valence electrons. The third-order valence-electron chi connectivity index (χ3n) is 5.80. The second-order valence-corrected chi connectivity index (χ2v) is 8.04. The van der Waals surface area contributed by atoms with Gasteiger partial charge in [-0.1, -0.05) is 43.3 Å². The zero-order chi connectivity index (χ0) is 24.1. The van der Waals surface area contributed by atoms with Gasteiger partial charge in [0.15, 0.2) is 0 Å². The first-order valence-corrected chi connectivity index (χ1v) is 11.2. The predicted octanol–water partition coefficient (Wildman–Crippen LogP) is 4.09. The van der Waals surface area contributed by atoms with Crippen LogP contribution >= 0.6 is 0 Å². The maximum Gasteiger partial charge on any atom is 0.337 e. The molecule has 7 nitrogen and oxygen atoms in total. The summed E-state index contributed by atoms with van der Waals surface area (Å²) in [6.45, 7) is 2.65. The van der Waals surface area contributed by atoms with Crippen molar-refractivity contribution in [2.75, 3.05) is 18.6 Å². The largest absolute Gasteiger partial charge is 0.465 e. The van der Waals surface area contributed by atoms with Crippen molar-refractivity contribution in [1.29, 1.82) is 0 Å². The molecule has 1 atom stereocenters. The van der Waals surface area contributed by atoms with Crippen LogP contribution in [0.3, 0.4) is 0 Å². The Morgan fingerprint density at radius 1 is 1.03 bits per heavy atom. The normalized spacial score (nSPS) is 17.0. The number of nitrogens with zero attached hydrogens (tertiary/aromatic N) is 1. The number of fused-ring (bicyclic) bond motifs is 1. The lowest BCUT2D eigenvalue weighted by atomic mass is 10.0. The summed E-state index contributed by atoms with van der Waals surface area (Å²) in [6, 6.07) is 21.9. The van der Waals surface area contributed by atoms with Gasteiger partial charge in [0.2, 0.25) is 0 Å². The number of carbonyl (C=O) groups is 2. The fraction of sp³-hybridized carbons (Fsp3) is 0.259. The highest BCUT2D eigenvalue weighted by molar-refractivity contribution is 6.02. The quantitative estimate of drug-likeness (QED) is 0.509. The van der Waals surface area contributed by atoms with Gasteiger partial charge in [-0.25, -0.2) is 4.79 Å². The highest BCUT2D eigenvalue weighted by Gasteiger charge is 2.49. The third-order valence-corrected chi connectivity index (χ3v) is 5.80. The van der Waals surface area contributed by atoms with Crippen molar-refractivity contribution in [3.63, 3.8) is 0 Å². The molecular formula is C27H28N2O5. The van der Waals surface area contributed by atoms with Crippen LogP contribution in [0.15, 0.2) is 72.8 Å². The van der Waals surface area contributed by atoms with Crippen LogP contribution in [0, 0.1) is 0 Å². The van der Waals surface area contributed by atoms with Crippen LogP contribution in [0.4, 0.5) is 5.69 Å². The first-order valence-electron chi connectivity index (χ1n) is 11.2. The minimum atomic E-state index is -1.52. The smallest absolute Gasteiger partial charge is 0.337 e. The van der Waals surface area contributed by atoms with E-state index in [4.69, 9.17) is 19.9 Å². The van der Waals surface area contributed by atoms with Crippen LogP contribution < -0.4 is 20.1 Å². The zero-order valence-corrected chi connectivity index (χ0v) is 19.3. The van der Waals surface area contributed by atoms with E-state index in [0.717, 1.165) is 17.5 Å². The maximum atomic E-state index is 13.9. The van der Waals surface area contributed by atoms with Crippen LogP contribution in [0.2, 0.25) is 0 Å². The molecule has 1 unspecified atom stereocenters. The molecule has 0 saturated carbocycles. The van der Waals surface area contributed by atoms with E-state index in [9.17, 15) is 9.59 Å². The summed E-state index contributed by atoms with van der Waals surface area (Å²) in [7, 11) is 1.34. The Balaban J connectivity index is 1.68. The van der Waals surface area contributed by atoms with E-state index < -0.39 is 11.8 Å². The van der Waals surface area contributed by atoms with Gasteiger partial charge >= 0.3 is 17.7 Å². The fourth-order valence-electron chi connectivity index (χ4n) is 4.00. The van der Waals surface area contributed by atoms with Crippen molar-refractivity contribution in [3.05, 3.63) is 89.5 Å². The van der Waals surface area contributed by atoms with E-state index in [2.05, 4.69) is 0 Å². The van der Waals surface area contributed by atoms with Gasteiger partial charge in [-0.3, -0.25) is 9.69 Å². The van der Waals surface area contributed by atoms with Gasteiger partial charge in [0.25, 0.3) is 0 Å². The molecule has 3 aromatic carbocycles. The van der Waals surface area contributed by atoms with Gasteiger partial charge in [-0.2, -0.15) is 0 Å². The molecule has 0 bridgehead atoms. The summed E-state index contributed by atoms with van der Waals surface area (Å²) in [5, 5.41) is 0. The van der Waals surface area contributed by atoms with E-state index in [1.54, 1.807) is 23.1 Å². The van der Waals surface area contributed by atoms with E-state index in [-0.39, 0.29) is 12.5 Å². The molecule has 34 heavy (non-hydrogen) atoms. The Morgan fingerprint density at radius 3 is 2.50 bits per heavy atom. The van der Waals surface area contributed by atoms with Gasteiger partial charge in [-0.05, 0) is 60.5 Å². The number of para-hydroxylation sites is 2. The van der Waals surface area contributed by atoms with Crippen molar-refractivity contribution < 1.29 is 23.8 Å². The number of ether oxygens (including phenoxy) is 3. The minimum absolute atomic E-state index is 0.241. The predicted molar refractivity (Wildman–Crippen MR) is 129 cm³/mol. The molecule has 0 aromatic heterocycles. The Hall–Kier alpha value is -3.84. The standard InChI is InChI=1S/C27H28N2O5/c1-3-27(33-22-13-11-19(12-14-22)15-16-28)26(31)29(23-9-4-5-10-24(23)34-27)18-20-7-6-8-21(17-20)25(30)32-2/h4-14,17H,3,15-16,18,28H2,1-2H3. The monoisotopic (exact) mass is 460 g/mol. The lowest BCUT2D eigenvalue weighted by Crippen LogP contribution is -2.59. The summed E-state index contributed by atoms with van der Waals surface area (Å²) in [6.07, 6.45) is 1.06. The van der Waals surface area contributed by atoms with Crippen LogP contribution in [0.5, 0.6) is 11.5 Å². The Kier molecular flexibility index (Phi) is 6.84. The fourth-order valence-corrected chi connectivity index (χ4v) is 4.00. The van der Waals surface area contributed by atoms with Crippen LogP contribution in [-0.2, 0) is 22.5 Å². The van der Waals surface area contributed by atoms with Crippen LogP contribution in [-0.4, -0.2) is 31.3 Å². The number of rotatable bonds is 8. The number of amides is 1. The minimum Gasteiger partial charge on any atom is -0.465 e. The average Bonchev–Trinajstić information content (AvgIpc) is 2.87. The number of anilines is 1. The lowest BCUT2D eigenvalue weighted by molar-refractivity contribution is -0.167. The van der Waals surface area contributed by atoms with Gasteiger partial charge < -0.3 is 19.9 Å². The maximum absolute atomic E-state index is 13.9. The first-order chi connectivity index (χ1) is 16.5. The highest BCUT2D eigenvalue weighted by Crippen LogP contribution is 2.40. The molecule has 7 heteroatoms. The SMILES string of the molecule is CCC1(Oc2ccc(CCN)cc2)Oc2ccccc2N(Cc2cccc(C(=O)OC)c2)C1=O. The summed E-state index contributed by atoms with van der Waals surface area (Å²) < 4.78 is 17.3. The molecule has 4 rings (SSSR count). The number of benzene rings is 3. The number of hydrogen-bond donors (Lipinski definition) is 1. The van der Waals surface area contributed by atoms with E-state index in [0.29, 0.717) is 35.7 Å². The molecule has 0 fully saturated rings. The molecule has 0 spiro atoms. The second kappa shape index (κ2) is 9.97. The zero-order valence-electron chi connectivity index (χ0n) is 19.3. The number of hydrogen-bond acceptors (Lipinski definition) is 6. The Labute approximate surface area is 199 Å². The van der Waals surface area contributed by atoms with E-state index in [1.807, 2.05) is 61.5 Å². The van der Waals surface area contributed by atoms with Crippen molar-refractivity contribution in [3.8, 4) is 11.5 Å². The number of carbonyl (C=O) groups excluding carboxylic acids is 2. The molecular weight excluding hydrogens is 432 g/mol. The van der Waals surface area contributed by atoms with Crippen molar-refractivity contribution in [2.24, 2.45) is 5.73 Å². The summed E-state index contributed by atoms with van der Waals surface area (Å²) in [5.41, 5.74) is 8.57. The first kappa shape index (κ1) is 23.3. The molecule has 0 aliphatic carbocycles. The average molecular weight is 461 g/mol. The topological polar surface area (TPSA) is 91.1 Å². The summed E-state index contributed by atoms with van der Waals surface area (Å²) in [5.74, 6) is -1.19. The van der Waals surface area contributed by atoms with Crippen LogP contribution in [0.25, 0.3) is 0 Å². The number of nitrogens with two attached hydrogens (primary N) is 1. The van der Waals surface area contributed by atoms with Gasteiger partial charge in [0, 0.05) is 6.42 Å². The molecule has 0 saturated heterocycles. The molecule has 1 aliphatic heterocycles. The van der Waals surface area contributed by atoms with E-state index in [1.165, 1.54) is 7.11 Å². The van der Waals surface area contributed by atoms with E-state index >= 15 is 0 Å². The van der Waals surface area contributed by atoms with Gasteiger partial charge in [-0.15, -0.1) is 0 Å². The van der Waals surface area contributed by atoms with Gasteiger partial charge in [0.1, 0.15) is 11.5 Å². The van der Waals surface area contributed by atoms with Crippen LogP contribution in [0.1, 0.15) is 34.8 Å². The second-order valence-electron chi connectivity index (χ2n) is 8.04. The van der Waals surface area contributed by atoms with Gasteiger partial charge in [0.05, 0.1) is 24.9 Å². The molecule has 1 amide bonds. The summed E-state index contributed by atoms with van der Waals surface area (Å²) in [4.78, 5) is 27.5. The number of methoxy groups -OCH3 is 1. The molecule has 1 aliphatic rings.